The first kappa shape index (κ1) is 32.0. The number of rotatable bonds is 13. The Labute approximate surface area is 245 Å². The van der Waals surface area contributed by atoms with Gasteiger partial charge in [-0.1, -0.05) is 33.1 Å². The van der Waals surface area contributed by atoms with Crippen molar-refractivity contribution in [2.75, 3.05) is 10.8 Å². The zero-order valence-electron chi connectivity index (χ0n) is 24.1. The minimum Gasteiger partial charge on any atom is -0.493 e. The predicted molar refractivity (Wildman–Crippen MR) is 161 cm³/mol. The molecule has 0 aliphatic heterocycles. The maximum atomic E-state index is 13.3. The summed E-state index contributed by atoms with van der Waals surface area (Å²) in [7, 11) is -3.97. The van der Waals surface area contributed by atoms with Gasteiger partial charge >= 0.3 is 5.97 Å². The third-order valence-electron chi connectivity index (χ3n) is 7.10. The maximum absolute atomic E-state index is 13.3. The van der Waals surface area contributed by atoms with E-state index in [0.29, 0.717) is 5.69 Å². The van der Waals surface area contributed by atoms with E-state index in [-0.39, 0.29) is 58.0 Å². The molecule has 1 heterocycles. The summed E-state index contributed by atoms with van der Waals surface area (Å²) in [6.07, 6.45) is 3.69. The standard InChI is InChI=1S/C30H35N5O6S/c1-6-9-10-21(7-2)19-34-28(36)26(31-5)20(4)27(29(34)37)33-32-23-13-17-25(18-14-23)42(40,41)35(8-3)24-15-11-22(12-16-24)30(38)39/h11-18,21,37H,6-10,19H2,1-4H3,(H,38,39)/b33-32+. The number of hydrogen-bond donors (Lipinski definition) is 2. The number of hydrogen-bond acceptors (Lipinski definition) is 7. The van der Waals surface area contributed by atoms with Crippen molar-refractivity contribution in [3.8, 4) is 5.88 Å². The first-order chi connectivity index (χ1) is 20.0. The Hall–Kier alpha value is -4.50. The fraction of sp³-hybridized carbons (Fsp3) is 0.367. The number of aromatic carboxylic acids is 1. The number of anilines is 1. The summed E-state index contributed by atoms with van der Waals surface area (Å²) in [5, 5.41) is 28.4. The van der Waals surface area contributed by atoms with Crippen molar-refractivity contribution in [3.63, 3.8) is 0 Å². The fourth-order valence-corrected chi connectivity index (χ4v) is 6.04. The molecule has 2 N–H and O–H groups in total. The lowest BCUT2D eigenvalue weighted by Gasteiger charge is -2.23. The number of unbranched alkanes of at least 4 members (excludes halogenated alkanes) is 1. The molecule has 0 saturated heterocycles. The Balaban J connectivity index is 1.93. The van der Waals surface area contributed by atoms with Crippen molar-refractivity contribution in [2.45, 2.75) is 64.8 Å². The predicted octanol–water partition coefficient (Wildman–Crippen LogP) is 6.96. The molecule has 1 unspecified atom stereocenters. The van der Waals surface area contributed by atoms with Crippen LogP contribution in [0.4, 0.5) is 22.7 Å². The number of azo groups is 1. The van der Waals surface area contributed by atoms with Gasteiger partial charge in [-0.15, -0.1) is 5.11 Å². The summed E-state index contributed by atoms with van der Waals surface area (Å²) < 4.78 is 29.0. The van der Waals surface area contributed by atoms with Crippen LogP contribution in [0, 0.1) is 19.4 Å². The Morgan fingerprint density at radius 2 is 1.71 bits per heavy atom. The second-order valence-electron chi connectivity index (χ2n) is 9.81. The second kappa shape index (κ2) is 13.9. The molecular formula is C30H35N5O6S. The maximum Gasteiger partial charge on any atom is 0.335 e. The second-order valence-corrected chi connectivity index (χ2v) is 11.7. The first-order valence-electron chi connectivity index (χ1n) is 13.7. The lowest BCUT2D eigenvalue weighted by molar-refractivity contribution is 0.0697. The molecule has 0 radical (unpaired) electrons. The van der Waals surface area contributed by atoms with E-state index in [1.165, 1.54) is 60.0 Å². The summed E-state index contributed by atoms with van der Waals surface area (Å²) in [4.78, 5) is 27.5. The Morgan fingerprint density at radius 3 is 2.24 bits per heavy atom. The summed E-state index contributed by atoms with van der Waals surface area (Å²) in [6.45, 7) is 15.2. The average molecular weight is 594 g/mol. The Bertz CT molecular complexity index is 1660. The van der Waals surface area contributed by atoms with Crippen LogP contribution in [0.25, 0.3) is 4.85 Å². The average Bonchev–Trinajstić information content (AvgIpc) is 2.97. The largest absolute Gasteiger partial charge is 0.493 e. The molecule has 0 fully saturated rings. The summed E-state index contributed by atoms with van der Waals surface area (Å²) in [5.74, 6) is -1.33. The van der Waals surface area contributed by atoms with Gasteiger partial charge < -0.3 is 10.2 Å². The molecule has 3 rings (SSSR count). The van der Waals surface area contributed by atoms with E-state index < -0.39 is 21.6 Å². The first-order valence-corrected chi connectivity index (χ1v) is 15.2. The van der Waals surface area contributed by atoms with E-state index in [9.17, 15) is 23.1 Å². The van der Waals surface area contributed by atoms with Gasteiger partial charge in [0.2, 0.25) is 5.88 Å². The molecule has 0 aliphatic rings. The van der Waals surface area contributed by atoms with Crippen LogP contribution in [0.2, 0.25) is 0 Å². The molecule has 222 valence electrons. The number of pyridine rings is 1. The zero-order valence-corrected chi connectivity index (χ0v) is 24.9. The van der Waals surface area contributed by atoms with Gasteiger partial charge in [-0.05, 0) is 80.3 Å². The number of carboxylic acid groups (broad SMARTS) is 1. The molecule has 0 amide bonds. The van der Waals surface area contributed by atoms with Crippen molar-refractivity contribution >= 4 is 38.7 Å². The number of benzene rings is 2. The third kappa shape index (κ3) is 6.86. The molecule has 1 atom stereocenters. The van der Waals surface area contributed by atoms with Gasteiger partial charge in [0.1, 0.15) is 5.69 Å². The van der Waals surface area contributed by atoms with Crippen LogP contribution >= 0.6 is 0 Å². The van der Waals surface area contributed by atoms with Gasteiger partial charge in [-0.25, -0.2) is 18.1 Å². The summed E-state index contributed by atoms with van der Waals surface area (Å²) in [5.41, 5.74) is 0.168. The highest BCUT2D eigenvalue weighted by atomic mass is 32.2. The van der Waals surface area contributed by atoms with Crippen LogP contribution in [0.1, 0.15) is 62.4 Å². The van der Waals surface area contributed by atoms with Crippen LogP contribution in [0.5, 0.6) is 5.88 Å². The van der Waals surface area contributed by atoms with Gasteiger partial charge in [0, 0.05) is 13.1 Å². The molecule has 2 aromatic carbocycles. The quantitative estimate of drug-likeness (QED) is 0.162. The Morgan fingerprint density at radius 1 is 1.07 bits per heavy atom. The number of nitrogens with zero attached hydrogens (tertiary/aromatic N) is 5. The zero-order chi connectivity index (χ0) is 31.0. The van der Waals surface area contributed by atoms with Gasteiger partial charge in [0.15, 0.2) is 0 Å². The van der Waals surface area contributed by atoms with Crippen LogP contribution < -0.4 is 9.86 Å². The lowest BCUT2D eigenvalue weighted by atomic mass is 9.99. The molecule has 3 aromatic rings. The Kier molecular flexibility index (Phi) is 10.6. The number of carboxylic acids is 1. The molecule has 0 spiro atoms. The van der Waals surface area contributed by atoms with Crippen molar-refractivity contribution in [1.29, 1.82) is 0 Å². The monoisotopic (exact) mass is 593 g/mol. The summed E-state index contributed by atoms with van der Waals surface area (Å²) in [6, 6.07) is 11.2. The smallest absolute Gasteiger partial charge is 0.335 e. The number of aromatic nitrogens is 1. The molecule has 11 nitrogen and oxygen atoms in total. The van der Waals surface area contributed by atoms with E-state index >= 15 is 0 Å². The van der Waals surface area contributed by atoms with Gasteiger partial charge in [-0.3, -0.25) is 13.7 Å². The molecule has 0 aliphatic carbocycles. The van der Waals surface area contributed by atoms with Crippen LogP contribution in [-0.2, 0) is 16.6 Å². The normalized spacial score (nSPS) is 12.3. The fourth-order valence-electron chi connectivity index (χ4n) is 4.57. The molecule has 0 saturated carbocycles. The van der Waals surface area contributed by atoms with E-state index in [2.05, 4.69) is 22.0 Å². The number of aromatic hydroxyl groups is 1. The van der Waals surface area contributed by atoms with E-state index in [1.807, 2.05) is 6.92 Å². The van der Waals surface area contributed by atoms with Gasteiger partial charge in [0.05, 0.1) is 28.4 Å². The van der Waals surface area contributed by atoms with Crippen molar-refractivity contribution < 1.29 is 23.4 Å². The van der Waals surface area contributed by atoms with E-state index in [4.69, 9.17) is 11.7 Å². The van der Waals surface area contributed by atoms with Crippen LogP contribution in [0.3, 0.4) is 0 Å². The highest BCUT2D eigenvalue weighted by molar-refractivity contribution is 7.92. The molecular weight excluding hydrogens is 558 g/mol. The van der Waals surface area contributed by atoms with Crippen LogP contribution in [-0.4, -0.2) is 35.7 Å². The molecule has 12 heteroatoms. The third-order valence-corrected chi connectivity index (χ3v) is 9.02. The molecule has 42 heavy (non-hydrogen) atoms. The summed E-state index contributed by atoms with van der Waals surface area (Å²) >= 11 is 0. The number of carbonyl (C=O) groups is 1. The van der Waals surface area contributed by atoms with E-state index in [0.717, 1.165) is 30.0 Å². The minimum absolute atomic E-state index is 0.00427. The number of sulfonamides is 1. The highest BCUT2D eigenvalue weighted by Gasteiger charge is 2.24. The molecule has 1 aromatic heterocycles. The lowest BCUT2D eigenvalue weighted by Crippen LogP contribution is -2.30. The topological polar surface area (TPSA) is 146 Å². The van der Waals surface area contributed by atoms with Crippen molar-refractivity contribution in [2.24, 2.45) is 16.1 Å². The van der Waals surface area contributed by atoms with Gasteiger partial charge in [-0.2, -0.15) is 5.11 Å². The SMILES string of the molecule is [C-]#[N+]c1c(C)c(/N=N/c2ccc(S(=O)(=O)N(CC)c3ccc(C(=O)O)cc3)cc2)c(O)n(CC(CC)CCCC)c1=O. The highest BCUT2D eigenvalue weighted by Crippen LogP contribution is 2.36. The van der Waals surface area contributed by atoms with Crippen LogP contribution in [0.15, 0.2) is 68.4 Å². The minimum atomic E-state index is -3.97. The van der Waals surface area contributed by atoms with Crippen molar-refractivity contribution in [3.05, 3.63) is 81.4 Å². The molecule has 0 bridgehead atoms. The van der Waals surface area contributed by atoms with Crippen molar-refractivity contribution in [1.82, 2.24) is 4.57 Å². The van der Waals surface area contributed by atoms with Gasteiger partial charge in [0.25, 0.3) is 21.3 Å². The van der Waals surface area contributed by atoms with E-state index in [1.54, 1.807) is 6.92 Å².